The van der Waals surface area contributed by atoms with E-state index in [2.05, 4.69) is 5.48 Å². The maximum atomic E-state index is 12.2. The fraction of sp³-hybridized carbons (Fsp3) is 0.529. The number of nitrogens with two attached hydrogens (primary N) is 1. The Balaban J connectivity index is 1.82. The third kappa shape index (κ3) is 4.31. The molecule has 5 heteroatoms. The predicted molar refractivity (Wildman–Crippen MR) is 83.5 cm³/mol. The average Bonchev–Trinajstić information content (AvgIpc) is 2.54. The van der Waals surface area contributed by atoms with Crippen LogP contribution in [0.15, 0.2) is 30.3 Å². The van der Waals surface area contributed by atoms with Gasteiger partial charge in [0.05, 0.1) is 6.42 Å². The first-order valence-corrected chi connectivity index (χ1v) is 7.83. The molecule has 1 aromatic rings. The van der Waals surface area contributed by atoms with Gasteiger partial charge in [-0.15, -0.1) is 0 Å². The summed E-state index contributed by atoms with van der Waals surface area (Å²) in [5, 5.41) is 0. The summed E-state index contributed by atoms with van der Waals surface area (Å²) in [5.41, 5.74) is 8.16. The van der Waals surface area contributed by atoms with Gasteiger partial charge in [-0.1, -0.05) is 49.6 Å². The minimum absolute atomic E-state index is 0.111. The Morgan fingerprint density at radius 2 is 1.86 bits per heavy atom. The molecule has 1 unspecified atom stereocenters. The number of carbonyl (C=O) groups is 2. The van der Waals surface area contributed by atoms with Gasteiger partial charge in [0.15, 0.2) is 0 Å². The monoisotopic (exact) mass is 304 g/mol. The second kappa shape index (κ2) is 7.40. The van der Waals surface area contributed by atoms with E-state index in [-0.39, 0.29) is 18.2 Å². The second-order valence-corrected chi connectivity index (χ2v) is 6.19. The number of hydrogen-bond acceptors (Lipinski definition) is 4. The molecular weight excluding hydrogens is 280 g/mol. The summed E-state index contributed by atoms with van der Waals surface area (Å²) in [6.45, 7) is 1.69. The van der Waals surface area contributed by atoms with Gasteiger partial charge in [0.25, 0.3) is 5.91 Å². The third-order valence-corrected chi connectivity index (χ3v) is 4.36. The number of rotatable bonds is 4. The molecule has 2 rings (SSSR count). The van der Waals surface area contributed by atoms with E-state index in [0.717, 1.165) is 31.2 Å². The summed E-state index contributed by atoms with van der Waals surface area (Å²) in [4.78, 5) is 28.9. The van der Waals surface area contributed by atoms with Crippen molar-refractivity contribution < 1.29 is 14.4 Å². The van der Waals surface area contributed by atoms with E-state index in [1.165, 1.54) is 6.42 Å². The smallest absolute Gasteiger partial charge is 0.339 e. The quantitative estimate of drug-likeness (QED) is 0.835. The molecule has 0 saturated heterocycles. The largest absolute Gasteiger partial charge is 0.351 e. The van der Waals surface area contributed by atoms with Crippen LogP contribution in [0.4, 0.5) is 0 Å². The maximum absolute atomic E-state index is 12.2. The van der Waals surface area contributed by atoms with E-state index < -0.39 is 11.5 Å². The lowest BCUT2D eigenvalue weighted by molar-refractivity contribution is -0.165. The molecule has 0 aromatic heterocycles. The van der Waals surface area contributed by atoms with E-state index >= 15 is 0 Å². The Morgan fingerprint density at radius 3 is 2.50 bits per heavy atom. The number of nitrogens with one attached hydrogen (secondary N) is 1. The van der Waals surface area contributed by atoms with Gasteiger partial charge in [0.1, 0.15) is 5.54 Å². The van der Waals surface area contributed by atoms with E-state index in [0.29, 0.717) is 0 Å². The molecule has 0 heterocycles. The highest BCUT2D eigenvalue weighted by molar-refractivity contribution is 5.83. The molecule has 0 spiro atoms. The topological polar surface area (TPSA) is 81.4 Å². The molecule has 0 bridgehead atoms. The van der Waals surface area contributed by atoms with Crippen LogP contribution < -0.4 is 11.2 Å². The zero-order valence-corrected chi connectivity index (χ0v) is 13.0. The van der Waals surface area contributed by atoms with Crippen molar-refractivity contribution in [3.05, 3.63) is 35.9 Å². The second-order valence-electron chi connectivity index (χ2n) is 6.19. The van der Waals surface area contributed by atoms with Crippen molar-refractivity contribution in [1.82, 2.24) is 5.48 Å². The molecule has 0 aliphatic heterocycles. The van der Waals surface area contributed by atoms with Gasteiger partial charge in [0, 0.05) is 0 Å². The van der Waals surface area contributed by atoms with Crippen LogP contribution in [0, 0.1) is 5.92 Å². The number of benzene rings is 1. The highest BCUT2D eigenvalue weighted by Crippen LogP contribution is 2.31. The molecule has 0 radical (unpaired) electrons. The fourth-order valence-corrected chi connectivity index (χ4v) is 2.90. The van der Waals surface area contributed by atoms with E-state index in [4.69, 9.17) is 10.6 Å². The van der Waals surface area contributed by atoms with Crippen molar-refractivity contribution in [3.8, 4) is 0 Å². The molecule has 120 valence electrons. The summed E-state index contributed by atoms with van der Waals surface area (Å²) in [6.07, 6.45) is 5.39. The van der Waals surface area contributed by atoms with Crippen molar-refractivity contribution in [2.24, 2.45) is 11.7 Å². The molecule has 1 aromatic carbocycles. The van der Waals surface area contributed by atoms with Crippen molar-refractivity contribution in [1.29, 1.82) is 0 Å². The van der Waals surface area contributed by atoms with Gasteiger partial charge in [-0.3, -0.25) is 4.79 Å². The Morgan fingerprint density at radius 1 is 1.23 bits per heavy atom. The zero-order chi connectivity index (χ0) is 16.0. The molecule has 1 fully saturated rings. The number of hydrogen-bond donors (Lipinski definition) is 2. The molecule has 1 aliphatic rings. The van der Waals surface area contributed by atoms with Gasteiger partial charge in [-0.2, -0.15) is 5.48 Å². The number of hydroxylamine groups is 1. The minimum atomic E-state index is -1.06. The van der Waals surface area contributed by atoms with Crippen LogP contribution in [0.5, 0.6) is 0 Å². The van der Waals surface area contributed by atoms with Crippen molar-refractivity contribution >= 4 is 11.9 Å². The van der Waals surface area contributed by atoms with E-state index in [9.17, 15) is 9.59 Å². The molecule has 1 amide bonds. The fourth-order valence-electron chi connectivity index (χ4n) is 2.90. The Bertz CT molecular complexity index is 508. The standard InChI is InChI=1S/C17H24N2O3/c1-17(18,14-10-6-3-7-11-14)16(21)22-19-15(20)12-13-8-4-2-5-9-13/h2,4-5,8-9,14H,3,6-7,10-12,18H2,1H3,(H,19,20). The molecular formula is C17H24N2O3. The molecule has 1 atom stereocenters. The zero-order valence-electron chi connectivity index (χ0n) is 13.0. The van der Waals surface area contributed by atoms with Crippen molar-refractivity contribution in [2.75, 3.05) is 0 Å². The Hall–Kier alpha value is -1.88. The van der Waals surface area contributed by atoms with Gasteiger partial charge >= 0.3 is 5.97 Å². The first-order valence-electron chi connectivity index (χ1n) is 7.83. The Kier molecular flexibility index (Phi) is 5.55. The summed E-state index contributed by atoms with van der Waals surface area (Å²) in [7, 11) is 0. The normalized spacial score (nSPS) is 18.3. The Labute approximate surface area is 131 Å². The third-order valence-electron chi connectivity index (χ3n) is 4.36. The lowest BCUT2D eigenvalue weighted by atomic mass is 9.76. The highest BCUT2D eigenvalue weighted by atomic mass is 16.7. The van der Waals surface area contributed by atoms with Crippen LogP contribution >= 0.6 is 0 Å². The van der Waals surface area contributed by atoms with Crippen molar-refractivity contribution in [3.63, 3.8) is 0 Å². The summed E-state index contributed by atoms with van der Waals surface area (Å²) in [6, 6.07) is 9.28. The molecule has 22 heavy (non-hydrogen) atoms. The average molecular weight is 304 g/mol. The van der Waals surface area contributed by atoms with Crippen LogP contribution in [0.1, 0.15) is 44.6 Å². The first-order chi connectivity index (χ1) is 10.5. The lowest BCUT2D eigenvalue weighted by Crippen LogP contribution is -2.54. The predicted octanol–water partition coefficient (Wildman–Crippen LogP) is 2.10. The molecule has 5 nitrogen and oxygen atoms in total. The first kappa shape index (κ1) is 16.5. The minimum Gasteiger partial charge on any atom is -0.339 e. The number of amides is 1. The van der Waals surface area contributed by atoms with Gasteiger partial charge < -0.3 is 10.6 Å². The summed E-state index contributed by atoms with van der Waals surface area (Å²) >= 11 is 0. The molecule has 3 N–H and O–H groups in total. The number of carbonyl (C=O) groups excluding carboxylic acids is 2. The van der Waals surface area contributed by atoms with Gasteiger partial charge in [-0.25, -0.2) is 4.79 Å². The lowest BCUT2D eigenvalue weighted by Gasteiger charge is -2.34. The summed E-state index contributed by atoms with van der Waals surface area (Å²) < 4.78 is 0. The molecule has 1 aliphatic carbocycles. The van der Waals surface area contributed by atoms with Crippen LogP contribution in [-0.4, -0.2) is 17.4 Å². The van der Waals surface area contributed by atoms with Gasteiger partial charge in [0.2, 0.25) is 0 Å². The SMILES string of the molecule is CC(N)(C(=O)ONC(=O)Cc1ccccc1)C1CCCCC1. The van der Waals surface area contributed by atoms with Gasteiger partial charge in [-0.05, 0) is 31.2 Å². The van der Waals surface area contributed by atoms with E-state index in [1.54, 1.807) is 6.92 Å². The summed E-state index contributed by atoms with van der Waals surface area (Å²) in [5.74, 6) is -0.820. The van der Waals surface area contributed by atoms with Crippen LogP contribution in [-0.2, 0) is 20.8 Å². The van der Waals surface area contributed by atoms with Crippen LogP contribution in [0.3, 0.4) is 0 Å². The molecule has 1 saturated carbocycles. The van der Waals surface area contributed by atoms with Crippen LogP contribution in [0.25, 0.3) is 0 Å². The van der Waals surface area contributed by atoms with E-state index in [1.807, 2.05) is 30.3 Å². The van der Waals surface area contributed by atoms with Crippen LogP contribution in [0.2, 0.25) is 0 Å². The maximum Gasteiger partial charge on any atom is 0.351 e. The highest BCUT2D eigenvalue weighted by Gasteiger charge is 2.40. The van der Waals surface area contributed by atoms with Crippen molar-refractivity contribution in [2.45, 2.75) is 51.0 Å².